The van der Waals surface area contributed by atoms with Gasteiger partial charge in [0.25, 0.3) is 17.7 Å². The van der Waals surface area contributed by atoms with Gasteiger partial charge in [-0.2, -0.15) is 0 Å². The van der Waals surface area contributed by atoms with Crippen molar-refractivity contribution in [3.8, 4) is 0 Å². The first-order valence-corrected chi connectivity index (χ1v) is 9.87. The summed E-state index contributed by atoms with van der Waals surface area (Å²) >= 11 is 0. The summed E-state index contributed by atoms with van der Waals surface area (Å²) < 4.78 is 11.9. The van der Waals surface area contributed by atoms with Gasteiger partial charge in [0.05, 0.1) is 36.4 Å². The van der Waals surface area contributed by atoms with Crippen molar-refractivity contribution in [1.82, 2.24) is 9.80 Å². The highest BCUT2D eigenvalue weighted by molar-refractivity contribution is 6.21. The lowest BCUT2D eigenvalue weighted by atomic mass is 10.0. The molecule has 3 unspecified atom stereocenters. The molecule has 2 aromatic rings. The zero-order valence-electron chi connectivity index (χ0n) is 15.8. The molecule has 2 aromatic carbocycles. The molecule has 152 valence electrons. The van der Waals surface area contributed by atoms with E-state index in [9.17, 15) is 19.5 Å². The summed E-state index contributed by atoms with van der Waals surface area (Å²) in [6.07, 6.45) is -2.17. The second kappa shape index (κ2) is 6.21. The maximum absolute atomic E-state index is 12.9. The van der Waals surface area contributed by atoms with Crippen LogP contribution in [0.3, 0.4) is 0 Å². The molecule has 0 spiro atoms. The molecule has 2 fully saturated rings. The Bertz CT molecular complexity index is 1070. The third-order valence-electron chi connectivity index (χ3n) is 6.48. The van der Waals surface area contributed by atoms with Gasteiger partial charge in [0, 0.05) is 11.1 Å². The first kappa shape index (κ1) is 17.8. The van der Waals surface area contributed by atoms with Gasteiger partial charge in [-0.1, -0.05) is 30.3 Å². The number of amides is 3. The molecular weight excluding hydrogens is 388 g/mol. The second-order valence-electron chi connectivity index (χ2n) is 7.93. The van der Waals surface area contributed by atoms with Crippen molar-refractivity contribution in [3.63, 3.8) is 0 Å². The lowest BCUT2D eigenvalue weighted by molar-refractivity contribution is -0.0349. The van der Waals surface area contributed by atoms with E-state index in [-0.39, 0.29) is 30.9 Å². The number of aliphatic hydroxyl groups excluding tert-OH is 1. The molecule has 0 bridgehead atoms. The van der Waals surface area contributed by atoms with E-state index in [4.69, 9.17) is 9.47 Å². The van der Waals surface area contributed by atoms with E-state index in [1.165, 1.54) is 9.80 Å². The van der Waals surface area contributed by atoms with Gasteiger partial charge in [-0.25, -0.2) is 0 Å². The standard InChI is InChI=1S/C22H18N2O6/c25-19-11-5-1-2-6-12(11)20(26)23(19)15-9-29-18-16(10-30-17(15)18)24-21(27)13-7-3-4-8-14(13)22(24)28/h1-8,15-19,25H,9-10H2/t15-,16-,17?,18?,19?/m0/s1. The zero-order valence-corrected chi connectivity index (χ0v) is 15.8. The molecule has 6 rings (SSSR count). The minimum atomic E-state index is -1.08. The first-order chi connectivity index (χ1) is 14.6. The molecule has 2 saturated heterocycles. The maximum atomic E-state index is 12.9. The number of benzene rings is 2. The third kappa shape index (κ3) is 2.18. The Labute approximate surface area is 171 Å². The Balaban J connectivity index is 1.27. The zero-order chi connectivity index (χ0) is 20.6. The van der Waals surface area contributed by atoms with E-state index in [2.05, 4.69) is 0 Å². The monoisotopic (exact) mass is 406 g/mol. The average Bonchev–Trinajstić information content (AvgIpc) is 3.48. The highest BCUT2D eigenvalue weighted by atomic mass is 16.6. The van der Waals surface area contributed by atoms with Gasteiger partial charge in [0.15, 0.2) is 6.23 Å². The number of nitrogens with zero attached hydrogens (tertiary/aromatic N) is 2. The van der Waals surface area contributed by atoms with E-state index in [0.717, 1.165) is 0 Å². The van der Waals surface area contributed by atoms with Crippen LogP contribution in [0.4, 0.5) is 0 Å². The van der Waals surface area contributed by atoms with Crippen molar-refractivity contribution < 1.29 is 29.0 Å². The Kier molecular flexibility index (Phi) is 3.68. The minimum absolute atomic E-state index is 0.127. The van der Waals surface area contributed by atoms with Crippen molar-refractivity contribution in [1.29, 1.82) is 0 Å². The average molecular weight is 406 g/mol. The molecule has 8 heteroatoms. The normalized spacial score (nSPS) is 32.0. The number of hydrogen-bond acceptors (Lipinski definition) is 6. The summed E-state index contributed by atoms with van der Waals surface area (Å²) in [6, 6.07) is 12.6. The Morgan fingerprint density at radius 1 is 0.733 bits per heavy atom. The second-order valence-corrected chi connectivity index (χ2v) is 7.93. The van der Waals surface area contributed by atoms with Gasteiger partial charge in [-0.05, 0) is 18.2 Å². The summed E-state index contributed by atoms with van der Waals surface area (Å²) in [7, 11) is 0. The van der Waals surface area contributed by atoms with Crippen LogP contribution in [0.5, 0.6) is 0 Å². The Hall–Kier alpha value is -3.07. The predicted octanol–water partition coefficient (Wildman–Crippen LogP) is 0.964. The van der Waals surface area contributed by atoms with Gasteiger partial charge in [0.2, 0.25) is 0 Å². The first-order valence-electron chi connectivity index (χ1n) is 9.87. The van der Waals surface area contributed by atoms with Crippen LogP contribution in [0.2, 0.25) is 0 Å². The molecule has 0 aromatic heterocycles. The SMILES string of the molecule is O=C1c2ccccc2C(=O)N1[C@H]1COC2C1OC[C@@H]2N1C(=O)c2ccccc2C1O. The molecule has 8 nitrogen and oxygen atoms in total. The van der Waals surface area contributed by atoms with Crippen molar-refractivity contribution in [3.05, 3.63) is 70.8 Å². The molecule has 3 amide bonds. The smallest absolute Gasteiger partial charge is 0.261 e. The van der Waals surface area contributed by atoms with Crippen LogP contribution in [0.1, 0.15) is 42.9 Å². The summed E-state index contributed by atoms with van der Waals surface area (Å²) in [4.78, 5) is 41.2. The van der Waals surface area contributed by atoms with Crippen molar-refractivity contribution in [2.75, 3.05) is 13.2 Å². The van der Waals surface area contributed by atoms with Crippen LogP contribution in [-0.4, -0.2) is 70.1 Å². The topological polar surface area (TPSA) is 96.4 Å². The van der Waals surface area contributed by atoms with Crippen LogP contribution >= 0.6 is 0 Å². The number of carbonyl (C=O) groups excluding carboxylic acids is 3. The highest BCUT2D eigenvalue weighted by Gasteiger charge is 2.57. The highest BCUT2D eigenvalue weighted by Crippen LogP contribution is 2.41. The van der Waals surface area contributed by atoms with Crippen molar-refractivity contribution in [2.24, 2.45) is 0 Å². The van der Waals surface area contributed by atoms with E-state index < -0.39 is 30.5 Å². The third-order valence-corrected chi connectivity index (χ3v) is 6.48. The fraction of sp³-hybridized carbons (Fsp3) is 0.318. The number of rotatable bonds is 2. The summed E-state index contributed by atoms with van der Waals surface area (Å²) in [5.74, 6) is -0.997. The van der Waals surface area contributed by atoms with Gasteiger partial charge in [0.1, 0.15) is 12.2 Å². The molecule has 1 N–H and O–H groups in total. The lowest BCUT2D eigenvalue weighted by Crippen LogP contribution is -2.49. The summed E-state index contributed by atoms with van der Waals surface area (Å²) in [6.45, 7) is 0.286. The molecule has 5 atom stereocenters. The van der Waals surface area contributed by atoms with Crippen molar-refractivity contribution in [2.45, 2.75) is 30.5 Å². The Morgan fingerprint density at radius 3 is 1.90 bits per heavy atom. The number of hydrogen-bond donors (Lipinski definition) is 1. The predicted molar refractivity (Wildman–Crippen MR) is 102 cm³/mol. The van der Waals surface area contributed by atoms with E-state index in [1.54, 1.807) is 48.5 Å². The lowest BCUT2D eigenvalue weighted by Gasteiger charge is -2.30. The van der Waals surface area contributed by atoms with E-state index >= 15 is 0 Å². The number of fused-ring (bicyclic) bond motifs is 3. The van der Waals surface area contributed by atoms with Gasteiger partial charge in [-0.3, -0.25) is 19.3 Å². The molecule has 4 aliphatic rings. The quantitative estimate of drug-likeness (QED) is 0.747. The van der Waals surface area contributed by atoms with E-state index in [1.807, 2.05) is 0 Å². The van der Waals surface area contributed by atoms with Crippen LogP contribution in [-0.2, 0) is 9.47 Å². The fourth-order valence-electron chi connectivity index (χ4n) is 5.08. The molecule has 4 heterocycles. The summed E-state index contributed by atoms with van der Waals surface area (Å²) in [5.41, 5.74) is 1.77. The largest absolute Gasteiger partial charge is 0.371 e. The molecule has 0 radical (unpaired) electrons. The van der Waals surface area contributed by atoms with Gasteiger partial charge in [-0.15, -0.1) is 0 Å². The molecular formula is C22H18N2O6. The maximum Gasteiger partial charge on any atom is 0.261 e. The van der Waals surface area contributed by atoms with Crippen LogP contribution < -0.4 is 0 Å². The fourth-order valence-corrected chi connectivity index (χ4v) is 5.08. The molecule has 0 aliphatic carbocycles. The number of imide groups is 1. The molecule has 30 heavy (non-hydrogen) atoms. The van der Waals surface area contributed by atoms with Gasteiger partial charge < -0.3 is 19.5 Å². The summed E-state index contributed by atoms with van der Waals surface area (Å²) in [5, 5.41) is 10.7. The van der Waals surface area contributed by atoms with Crippen LogP contribution in [0.15, 0.2) is 48.5 Å². The number of carbonyl (C=O) groups is 3. The van der Waals surface area contributed by atoms with Crippen molar-refractivity contribution >= 4 is 17.7 Å². The number of ether oxygens (including phenoxy) is 2. The Morgan fingerprint density at radius 2 is 1.27 bits per heavy atom. The van der Waals surface area contributed by atoms with E-state index in [0.29, 0.717) is 22.3 Å². The molecule has 0 saturated carbocycles. The van der Waals surface area contributed by atoms with Crippen LogP contribution in [0.25, 0.3) is 0 Å². The number of aliphatic hydroxyl groups is 1. The van der Waals surface area contributed by atoms with Crippen LogP contribution in [0, 0.1) is 0 Å². The van der Waals surface area contributed by atoms with Gasteiger partial charge >= 0.3 is 0 Å². The minimum Gasteiger partial charge on any atom is -0.371 e. The molecule has 4 aliphatic heterocycles.